The van der Waals surface area contributed by atoms with E-state index in [1.54, 1.807) is 0 Å². The van der Waals surface area contributed by atoms with Gasteiger partial charge in [-0.2, -0.15) is 0 Å². The van der Waals surface area contributed by atoms with Crippen molar-refractivity contribution in [3.8, 4) is 0 Å². The highest BCUT2D eigenvalue weighted by Crippen LogP contribution is 2.43. The summed E-state index contributed by atoms with van der Waals surface area (Å²) in [4.78, 5) is 11.0. The number of aromatic carboxylic acids is 1. The number of carbonyl (C=O) groups is 1. The Balaban J connectivity index is 1.83. The van der Waals surface area contributed by atoms with E-state index in [2.05, 4.69) is 0 Å². The van der Waals surface area contributed by atoms with Crippen molar-refractivity contribution in [3.05, 3.63) is 29.3 Å². The summed E-state index contributed by atoms with van der Waals surface area (Å²) in [5.74, 6) is -4.61. The molecule has 1 N–H and O–H groups in total. The first-order valence-corrected chi connectivity index (χ1v) is 9.03. The predicted octanol–water partition coefficient (Wildman–Crippen LogP) is 2.51. The monoisotopic (exact) mass is 345 g/mol. The molecule has 1 fully saturated rings. The first-order chi connectivity index (χ1) is 10.7. The van der Waals surface area contributed by atoms with Crippen LogP contribution >= 0.6 is 0 Å². The van der Waals surface area contributed by atoms with Crippen LogP contribution in [0.5, 0.6) is 0 Å². The normalized spacial score (nSPS) is 20.7. The second-order valence-corrected chi connectivity index (χ2v) is 8.17. The summed E-state index contributed by atoms with van der Waals surface area (Å²) in [5, 5.41) is 9.02. The van der Waals surface area contributed by atoms with Crippen LogP contribution in [0, 0.1) is 5.92 Å². The van der Waals surface area contributed by atoms with E-state index in [-0.39, 0.29) is 24.2 Å². The van der Waals surface area contributed by atoms with E-state index in [0.29, 0.717) is 30.6 Å². The van der Waals surface area contributed by atoms with Crippen molar-refractivity contribution in [1.82, 2.24) is 0 Å². The fraction of sp³-hybridized carbons (Fsp3) is 0.533. The molecule has 126 valence electrons. The lowest BCUT2D eigenvalue weighted by Gasteiger charge is -2.37. The van der Waals surface area contributed by atoms with Crippen molar-refractivity contribution >= 4 is 21.7 Å². The number of sulfonamides is 1. The van der Waals surface area contributed by atoms with Gasteiger partial charge in [0.15, 0.2) is 0 Å². The molecule has 0 saturated heterocycles. The number of rotatable bonds is 4. The molecule has 23 heavy (non-hydrogen) atoms. The van der Waals surface area contributed by atoms with E-state index in [4.69, 9.17) is 5.11 Å². The lowest BCUT2D eigenvalue weighted by molar-refractivity contribution is -0.103. The van der Waals surface area contributed by atoms with Crippen LogP contribution in [-0.4, -0.2) is 37.7 Å². The fourth-order valence-electron chi connectivity index (χ4n) is 3.28. The zero-order chi connectivity index (χ0) is 16.8. The van der Waals surface area contributed by atoms with Crippen LogP contribution in [0.25, 0.3) is 0 Å². The van der Waals surface area contributed by atoms with Gasteiger partial charge in [0.05, 0.1) is 17.0 Å². The molecule has 3 rings (SSSR count). The standard InChI is InChI=1S/C15H17F2NO4S/c16-15(17)7-10(8-15)9-23(21,22)18-5-1-2-11-6-12(14(19)20)3-4-13(11)18/h3-4,6,10H,1-2,5,7-9H2,(H,19,20). The zero-order valence-electron chi connectivity index (χ0n) is 12.3. The first-order valence-electron chi connectivity index (χ1n) is 7.42. The quantitative estimate of drug-likeness (QED) is 0.910. The van der Waals surface area contributed by atoms with E-state index in [1.165, 1.54) is 22.5 Å². The number of benzene rings is 1. The molecule has 0 radical (unpaired) electrons. The van der Waals surface area contributed by atoms with Gasteiger partial charge < -0.3 is 5.11 Å². The molecule has 1 saturated carbocycles. The van der Waals surface area contributed by atoms with E-state index in [0.717, 1.165) is 0 Å². The van der Waals surface area contributed by atoms with Gasteiger partial charge in [-0.05, 0) is 42.5 Å². The Labute approximate surface area is 133 Å². The van der Waals surface area contributed by atoms with Gasteiger partial charge >= 0.3 is 5.97 Å². The molecule has 0 amide bonds. The number of fused-ring (bicyclic) bond motifs is 1. The second kappa shape index (κ2) is 5.43. The van der Waals surface area contributed by atoms with Gasteiger partial charge in [-0.15, -0.1) is 0 Å². The number of alkyl halides is 2. The second-order valence-electron chi connectivity index (χ2n) is 6.23. The Bertz CT molecular complexity index is 740. The van der Waals surface area contributed by atoms with Gasteiger partial charge in [0, 0.05) is 19.4 Å². The number of halogens is 2. The maximum Gasteiger partial charge on any atom is 0.335 e. The van der Waals surface area contributed by atoms with Crippen LogP contribution in [0.4, 0.5) is 14.5 Å². The highest BCUT2D eigenvalue weighted by molar-refractivity contribution is 7.92. The third-order valence-electron chi connectivity index (χ3n) is 4.36. The molecule has 0 aromatic heterocycles. The molecule has 0 atom stereocenters. The first kappa shape index (κ1) is 16.2. The molecule has 1 aromatic rings. The minimum atomic E-state index is -3.69. The molecule has 1 aliphatic carbocycles. The number of carboxylic acid groups (broad SMARTS) is 1. The summed E-state index contributed by atoms with van der Waals surface area (Å²) < 4.78 is 52.1. The number of hydrogen-bond acceptors (Lipinski definition) is 3. The maximum absolute atomic E-state index is 12.9. The SMILES string of the molecule is O=C(O)c1ccc2c(c1)CCCN2S(=O)(=O)CC1CC(F)(F)C1. The van der Waals surface area contributed by atoms with Crippen molar-refractivity contribution in [2.75, 3.05) is 16.6 Å². The zero-order valence-corrected chi connectivity index (χ0v) is 13.2. The summed E-state index contributed by atoms with van der Waals surface area (Å²) >= 11 is 0. The highest BCUT2D eigenvalue weighted by Gasteiger charge is 2.47. The Morgan fingerprint density at radius 2 is 2.04 bits per heavy atom. The van der Waals surface area contributed by atoms with Crippen molar-refractivity contribution in [2.45, 2.75) is 31.6 Å². The predicted molar refractivity (Wildman–Crippen MR) is 80.5 cm³/mol. The summed E-state index contributed by atoms with van der Waals surface area (Å²) in [7, 11) is -3.69. The minimum Gasteiger partial charge on any atom is -0.478 e. The number of anilines is 1. The van der Waals surface area contributed by atoms with E-state index >= 15 is 0 Å². The average molecular weight is 345 g/mol. The highest BCUT2D eigenvalue weighted by atomic mass is 32.2. The molecule has 5 nitrogen and oxygen atoms in total. The van der Waals surface area contributed by atoms with Crippen molar-refractivity contribution in [2.24, 2.45) is 5.92 Å². The Morgan fingerprint density at radius 3 is 2.65 bits per heavy atom. The molecule has 0 bridgehead atoms. The van der Waals surface area contributed by atoms with Crippen molar-refractivity contribution in [1.29, 1.82) is 0 Å². The maximum atomic E-state index is 12.9. The molecule has 0 spiro atoms. The molecular formula is C15H17F2NO4S. The molecule has 2 aliphatic rings. The van der Waals surface area contributed by atoms with E-state index in [1.807, 2.05) is 0 Å². The van der Waals surface area contributed by atoms with Crippen LogP contribution in [0.3, 0.4) is 0 Å². The van der Waals surface area contributed by atoms with Crippen LogP contribution < -0.4 is 4.31 Å². The van der Waals surface area contributed by atoms with Gasteiger partial charge in [0.2, 0.25) is 15.9 Å². The number of aryl methyl sites for hydroxylation is 1. The van der Waals surface area contributed by atoms with Crippen LogP contribution in [0.2, 0.25) is 0 Å². The molecule has 0 unspecified atom stereocenters. The summed E-state index contributed by atoms with van der Waals surface area (Å²) in [5.41, 5.74) is 1.24. The molecular weight excluding hydrogens is 328 g/mol. The topological polar surface area (TPSA) is 74.7 Å². The summed E-state index contributed by atoms with van der Waals surface area (Å²) in [6, 6.07) is 4.34. The van der Waals surface area contributed by atoms with Gasteiger partial charge in [0.1, 0.15) is 0 Å². The Morgan fingerprint density at radius 1 is 1.35 bits per heavy atom. The third kappa shape index (κ3) is 3.17. The van der Waals surface area contributed by atoms with Crippen LogP contribution in [0.1, 0.15) is 35.2 Å². The molecule has 1 heterocycles. The lowest BCUT2D eigenvalue weighted by atomic mass is 9.83. The van der Waals surface area contributed by atoms with Crippen LogP contribution in [0.15, 0.2) is 18.2 Å². The van der Waals surface area contributed by atoms with Gasteiger partial charge in [-0.3, -0.25) is 4.31 Å². The number of carboxylic acids is 1. The number of hydrogen-bond donors (Lipinski definition) is 1. The van der Waals surface area contributed by atoms with E-state index in [9.17, 15) is 22.0 Å². The molecule has 1 aliphatic heterocycles. The average Bonchev–Trinajstić information content (AvgIpc) is 2.43. The summed E-state index contributed by atoms with van der Waals surface area (Å²) in [6.07, 6.45) is 0.413. The van der Waals surface area contributed by atoms with Crippen molar-refractivity contribution < 1.29 is 27.1 Å². The Hall–Kier alpha value is -1.70. The Kier molecular flexibility index (Phi) is 3.82. The minimum absolute atomic E-state index is 0.113. The van der Waals surface area contributed by atoms with E-state index < -0.39 is 27.8 Å². The van der Waals surface area contributed by atoms with Crippen molar-refractivity contribution in [3.63, 3.8) is 0 Å². The molecule has 1 aromatic carbocycles. The lowest BCUT2D eigenvalue weighted by Crippen LogP contribution is -2.44. The fourth-order valence-corrected chi connectivity index (χ4v) is 5.17. The molecule has 8 heteroatoms. The van der Waals surface area contributed by atoms with Gasteiger partial charge in [-0.1, -0.05) is 0 Å². The smallest absolute Gasteiger partial charge is 0.335 e. The van der Waals surface area contributed by atoms with Crippen LogP contribution in [-0.2, 0) is 16.4 Å². The number of nitrogens with zero attached hydrogens (tertiary/aromatic N) is 1. The summed E-state index contributed by atoms with van der Waals surface area (Å²) in [6.45, 7) is 0.296. The van der Waals surface area contributed by atoms with Gasteiger partial charge in [-0.25, -0.2) is 22.0 Å². The van der Waals surface area contributed by atoms with Gasteiger partial charge in [0.25, 0.3) is 0 Å². The largest absolute Gasteiger partial charge is 0.478 e. The third-order valence-corrected chi connectivity index (χ3v) is 6.30.